The summed E-state index contributed by atoms with van der Waals surface area (Å²) in [7, 11) is 3.12. The van der Waals surface area contributed by atoms with Gasteiger partial charge < -0.3 is 64.4 Å². The number of hydrogen-bond acceptors (Lipinski definition) is 13. The number of methoxy groups -OCH3 is 2. The summed E-state index contributed by atoms with van der Waals surface area (Å²) in [5.74, 6) is 2.07. The zero-order valence-electron chi connectivity index (χ0n) is 38.6. The molecule has 4 atom stereocenters. The number of ether oxygens (including phenoxy) is 7. The Morgan fingerprint density at radius 1 is 0.681 bits per heavy atom. The first kappa shape index (κ1) is 47.6. The van der Waals surface area contributed by atoms with Crippen LogP contribution in [0.2, 0.25) is 10.0 Å². The van der Waals surface area contributed by atoms with Crippen LogP contribution in [-0.2, 0) is 14.2 Å². The van der Waals surface area contributed by atoms with Crippen LogP contribution in [0, 0.1) is 0 Å². The van der Waals surface area contributed by atoms with Crippen molar-refractivity contribution < 1.29 is 42.7 Å². The molecule has 0 spiro atoms. The molecule has 2 aromatic carbocycles. The van der Waals surface area contributed by atoms with E-state index >= 15 is 0 Å². The number of carbonyl (C=O) groups is 2. The van der Waals surface area contributed by atoms with Crippen molar-refractivity contribution in [3.8, 4) is 45.5 Å². The van der Waals surface area contributed by atoms with Gasteiger partial charge in [0.1, 0.15) is 30.8 Å². The van der Waals surface area contributed by atoms with Crippen molar-refractivity contribution in [2.24, 2.45) is 0 Å². The highest BCUT2D eigenvalue weighted by Crippen LogP contribution is 2.46. The fraction of sp³-hybridized carbons (Fsp3) is 0.360. The van der Waals surface area contributed by atoms with Crippen LogP contribution in [0.5, 0.6) is 23.0 Å². The minimum atomic E-state index is -0.159. The number of amides is 2. The number of para-hydroxylation sites is 2. The molecule has 2 fully saturated rings. The summed E-state index contributed by atoms with van der Waals surface area (Å²) in [4.78, 5) is 41.5. The highest BCUT2D eigenvalue weighted by Gasteiger charge is 2.34. The van der Waals surface area contributed by atoms with Crippen LogP contribution in [0.1, 0.15) is 70.6 Å². The van der Waals surface area contributed by atoms with Gasteiger partial charge in [-0.1, -0.05) is 49.2 Å². The van der Waals surface area contributed by atoms with Crippen LogP contribution in [0.15, 0.2) is 73.3 Å². The number of nitrogens with zero attached hydrogens (tertiary/aromatic N) is 2. The molecule has 4 aliphatic heterocycles. The molecule has 17 nitrogen and oxygen atoms in total. The minimum absolute atomic E-state index is 0.0732. The van der Waals surface area contributed by atoms with Crippen LogP contribution in [-0.4, -0.2) is 111 Å². The van der Waals surface area contributed by atoms with E-state index in [9.17, 15) is 9.59 Å². The van der Waals surface area contributed by atoms with E-state index in [1.807, 2.05) is 36.4 Å². The molecule has 4 aromatic heterocycles. The topological polar surface area (TPSA) is 204 Å². The summed E-state index contributed by atoms with van der Waals surface area (Å²) < 4.78 is 40.2. The van der Waals surface area contributed by atoms with Crippen LogP contribution < -0.4 is 40.2 Å². The molecule has 69 heavy (non-hydrogen) atoms. The summed E-state index contributed by atoms with van der Waals surface area (Å²) in [5.41, 5.74) is 8.36. The summed E-state index contributed by atoms with van der Waals surface area (Å²) in [5, 5.41) is 13.7. The summed E-state index contributed by atoms with van der Waals surface area (Å²) in [6.07, 6.45) is 8.68. The zero-order valence-corrected chi connectivity index (χ0v) is 40.1. The Bertz CT molecular complexity index is 2810. The lowest BCUT2D eigenvalue weighted by atomic mass is 9.98. The molecule has 10 rings (SSSR count). The number of halogens is 2. The number of H-pyrrole nitrogens is 2. The lowest BCUT2D eigenvalue weighted by molar-refractivity contribution is -0.101. The predicted octanol–water partition coefficient (Wildman–Crippen LogP) is 9.01. The normalized spacial score (nSPS) is 19.5. The van der Waals surface area contributed by atoms with Crippen LogP contribution in [0.4, 0.5) is 22.7 Å². The van der Waals surface area contributed by atoms with Crippen LogP contribution in [0.3, 0.4) is 0 Å². The molecule has 4 aliphatic rings. The highest BCUT2D eigenvalue weighted by atomic mass is 35.5. The van der Waals surface area contributed by atoms with E-state index in [4.69, 9.17) is 56.4 Å². The molecule has 0 saturated carbocycles. The van der Waals surface area contributed by atoms with E-state index in [2.05, 4.69) is 55.1 Å². The fourth-order valence-corrected chi connectivity index (χ4v) is 9.36. The number of benzene rings is 2. The molecule has 0 aliphatic carbocycles. The lowest BCUT2D eigenvalue weighted by Gasteiger charge is -2.23. The molecule has 2 amide bonds. The monoisotopic (exact) mass is 980 g/mol. The molecular weight excluding hydrogens is 928 g/mol. The molecular formula is C50H54Cl2N8O9. The maximum atomic E-state index is 13.0. The molecule has 19 heteroatoms. The largest absolute Gasteiger partial charge is 0.493 e. The van der Waals surface area contributed by atoms with Gasteiger partial charge in [-0.25, -0.2) is 0 Å². The van der Waals surface area contributed by atoms with Gasteiger partial charge in [0.15, 0.2) is 11.5 Å². The third-order valence-electron chi connectivity index (χ3n) is 12.4. The minimum Gasteiger partial charge on any atom is -0.493 e. The number of aromatic nitrogens is 4. The van der Waals surface area contributed by atoms with Gasteiger partial charge >= 0.3 is 0 Å². The van der Waals surface area contributed by atoms with Gasteiger partial charge in [0, 0.05) is 66.4 Å². The van der Waals surface area contributed by atoms with Gasteiger partial charge in [-0.05, 0) is 49.2 Å². The Kier molecular flexibility index (Phi) is 14.8. The number of pyridine rings is 2. The number of rotatable bonds is 14. The third kappa shape index (κ3) is 10.1. The van der Waals surface area contributed by atoms with Gasteiger partial charge in [-0.15, -0.1) is 0 Å². The molecule has 362 valence electrons. The summed E-state index contributed by atoms with van der Waals surface area (Å²) >= 11 is 12.7. The molecule has 6 N–H and O–H groups in total. The van der Waals surface area contributed by atoms with Crippen molar-refractivity contribution in [1.82, 2.24) is 30.6 Å². The number of fused-ring (bicyclic) bond motifs is 2. The summed E-state index contributed by atoms with van der Waals surface area (Å²) in [6.45, 7) is 8.38. The smallest absolute Gasteiger partial charge is 0.255 e. The lowest BCUT2D eigenvalue weighted by Crippen LogP contribution is -2.33. The maximum absolute atomic E-state index is 13.0. The highest BCUT2D eigenvalue weighted by molar-refractivity contribution is 6.33. The Balaban J connectivity index is 0.000000172. The first-order valence-corrected chi connectivity index (χ1v) is 23.6. The molecule has 6 aromatic rings. The van der Waals surface area contributed by atoms with Gasteiger partial charge in [0.05, 0.1) is 108 Å². The van der Waals surface area contributed by atoms with Gasteiger partial charge in [0.2, 0.25) is 0 Å². The molecule has 8 heterocycles. The zero-order chi connectivity index (χ0) is 48.0. The Labute approximate surface area is 409 Å². The molecule has 0 bridgehead atoms. The van der Waals surface area contributed by atoms with Crippen molar-refractivity contribution in [3.63, 3.8) is 0 Å². The van der Waals surface area contributed by atoms with Gasteiger partial charge in [0.25, 0.3) is 11.8 Å². The maximum Gasteiger partial charge on any atom is 0.255 e. The average molecular weight is 982 g/mol. The van der Waals surface area contributed by atoms with Gasteiger partial charge in [-0.2, -0.15) is 0 Å². The molecule has 2 saturated heterocycles. The Morgan fingerprint density at radius 2 is 1.19 bits per heavy atom. The average Bonchev–Trinajstić information content (AvgIpc) is 4.13. The second kappa shape index (κ2) is 21.4. The summed E-state index contributed by atoms with van der Waals surface area (Å²) in [6, 6.07) is 14.6. The van der Waals surface area contributed by atoms with E-state index in [0.29, 0.717) is 119 Å². The number of nitrogens with one attached hydrogen (secondary N) is 6. The first-order valence-electron chi connectivity index (χ1n) is 22.9. The van der Waals surface area contributed by atoms with E-state index in [1.165, 1.54) is 0 Å². The van der Waals surface area contributed by atoms with Crippen LogP contribution in [0.25, 0.3) is 22.5 Å². The Morgan fingerprint density at radius 3 is 1.65 bits per heavy atom. The van der Waals surface area contributed by atoms with Crippen molar-refractivity contribution in [3.05, 3.63) is 106 Å². The van der Waals surface area contributed by atoms with E-state index in [0.717, 1.165) is 47.7 Å². The SMILES string of the molecule is COc1c(Cl)cccc1Nc1c(-c2ccncc2OCC2COCCO2)[nH]c2c1C(=O)NCC2C.COc1c(Cl)cccc1Nc1c(-c2ccncc2OC[C@@H]2CCCO2)[nH]c2c1C(=O)NC[C@H]2C. The van der Waals surface area contributed by atoms with Crippen molar-refractivity contribution in [2.75, 3.05) is 77.6 Å². The second-order valence-electron chi connectivity index (χ2n) is 17.0. The fourth-order valence-electron chi connectivity index (χ4n) is 8.85. The van der Waals surface area contributed by atoms with Crippen LogP contribution >= 0.6 is 23.2 Å². The quantitative estimate of drug-likeness (QED) is 0.0604. The van der Waals surface area contributed by atoms with E-state index < -0.39 is 0 Å². The number of anilines is 4. The molecule has 0 radical (unpaired) electrons. The van der Waals surface area contributed by atoms with Crippen molar-refractivity contribution >= 4 is 57.8 Å². The third-order valence-corrected chi connectivity index (χ3v) is 13.0. The van der Waals surface area contributed by atoms with E-state index in [-0.39, 0.29) is 35.9 Å². The number of carbonyl (C=O) groups excluding carboxylic acids is 2. The Hall–Kier alpha value is -6.50. The predicted molar refractivity (Wildman–Crippen MR) is 263 cm³/mol. The second-order valence-corrected chi connectivity index (χ2v) is 17.8. The first-order chi connectivity index (χ1) is 33.6. The van der Waals surface area contributed by atoms with E-state index in [1.54, 1.807) is 51.1 Å². The number of hydrogen-bond donors (Lipinski definition) is 6. The molecule has 2 unspecified atom stereocenters. The van der Waals surface area contributed by atoms with Crippen molar-refractivity contribution in [2.45, 2.75) is 50.7 Å². The number of aromatic amines is 2. The van der Waals surface area contributed by atoms with Gasteiger partial charge in [-0.3, -0.25) is 19.6 Å². The van der Waals surface area contributed by atoms with Crippen molar-refractivity contribution in [1.29, 1.82) is 0 Å². The standard InChI is InChI=1S/C25H27ClN4O5.C25H27ClN4O4/c1-14-10-28-25(31)20-21(14)30-22(23(20)29-18-5-3-4-17(26)24(18)32-2)16-6-7-27-11-19(16)35-13-15-12-33-8-9-34-15;1-14-11-28-25(31)20-21(14)30-22(23(20)29-18-7-3-6-17(26)24(18)32-2)16-8-9-27-12-19(16)34-13-15-5-4-10-33-15/h3-7,11,14-15,29-30H,8-10,12-13H2,1-2H3,(H,28,31);3,6-9,12,14-15,29-30H,4-5,10-11,13H2,1-2H3,(H,28,31)/t;14-,15+/m.1/s1.